The molecule has 4 heteroatoms. The molecule has 1 atom stereocenters. The minimum atomic E-state index is -0.767. The number of hydrogen-bond donors (Lipinski definition) is 0. The van der Waals surface area contributed by atoms with Gasteiger partial charge in [-0.05, 0) is 31.0 Å². The van der Waals surface area contributed by atoms with E-state index in [0.29, 0.717) is 11.0 Å². The second kappa shape index (κ2) is 6.01. The molecule has 2 nitrogen and oxygen atoms in total. The Labute approximate surface area is 113 Å². The van der Waals surface area contributed by atoms with Crippen LogP contribution in [0, 0.1) is 0 Å². The number of hydrogen-bond acceptors (Lipinski definition) is 2. The summed E-state index contributed by atoms with van der Waals surface area (Å²) in [5.41, 5.74) is 1.03. The Balaban J connectivity index is 2.11. The molecular weight excluding hydrogens is 300 g/mol. The number of halogens is 1. The van der Waals surface area contributed by atoms with Crippen LogP contribution in [0.15, 0.2) is 22.7 Å². The standard InChI is InChI=1S/C13H17BrO2S/c1-16-13-7-6-11(14)8-10(13)9-17(15)12-4-2-3-5-12/h6-8,12H,2-5,9H2,1H3/t17-/m0/s1. The number of rotatable bonds is 4. The van der Waals surface area contributed by atoms with Crippen LogP contribution in [0.4, 0.5) is 0 Å². The topological polar surface area (TPSA) is 26.3 Å². The second-order valence-corrected chi connectivity index (χ2v) is 7.02. The minimum Gasteiger partial charge on any atom is -0.496 e. The molecule has 2 rings (SSSR count). The third kappa shape index (κ3) is 3.32. The van der Waals surface area contributed by atoms with E-state index in [9.17, 15) is 4.21 Å². The Bertz CT molecular complexity index is 414. The smallest absolute Gasteiger partial charge is 0.123 e. The van der Waals surface area contributed by atoms with Crippen molar-refractivity contribution in [1.29, 1.82) is 0 Å². The lowest BCUT2D eigenvalue weighted by atomic mass is 10.2. The first-order valence-corrected chi connectivity index (χ1v) is 8.08. The lowest BCUT2D eigenvalue weighted by molar-refractivity contribution is 0.411. The first-order valence-electron chi connectivity index (χ1n) is 5.90. The Kier molecular flexibility index (Phi) is 4.62. The first-order chi connectivity index (χ1) is 8.20. The van der Waals surface area contributed by atoms with E-state index in [-0.39, 0.29) is 0 Å². The SMILES string of the molecule is COc1ccc(Br)cc1C[S@](=O)C1CCCC1. The number of ether oxygens (including phenoxy) is 1. The average Bonchev–Trinajstić information content (AvgIpc) is 2.83. The van der Waals surface area contributed by atoms with Crippen molar-refractivity contribution in [1.82, 2.24) is 0 Å². The van der Waals surface area contributed by atoms with Gasteiger partial charge in [0.2, 0.25) is 0 Å². The van der Waals surface area contributed by atoms with Crippen LogP contribution in [-0.2, 0) is 16.6 Å². The highest BCUT2D eigenvalue weighted by molar-refractivity contribution is 9.10. The molecule has 1 aromatic rings. The molecule has 0 heterocycles. The van der Waals surface area contributed by atoms with E-state index in [4.69, 9.17) is 4.74 Å². The van der Waals surface area contributed by atoms with Crippen molar-refractivity contribution in [3.8, 4) is 5.75 Å². The maximum atomic E-state index is 12.2. The Morgan fingerprint density at radius 3 is 2.76 bits per heavy atom. The molecule has 0 amide bonds. The van der Waals surface area contributed by atoms with Crippen LogP contribution in [0.3, 0.4) is 0 Å². The maximum absolute atomic E-state index is 12.2. The van der Waals surface area contributed by atoms with Gasteiger partial charge in [-0.15, -0.1) is 0 Å². The third-order valence-electron chi connectivity index (χ3n) is 3.21. The van der Waals surface area contributed by atoms with Gasteiger partial charge in [0.25, 0.3) is 0 Å². The van der Waals surface area contributed by atoms with Crippen LogP contribution in [-0.4, -0.2) is 16.6 Å². The zero-order valence-corrected chi connectivity index (χ0v) is 12.4. The summed E-state index contributed by atoms with van der Waals surface area (Å²) in [6.45, 7) is 0. The summed E-state index contributed by atoms with van der Waals surface area (Å²) in [5.74, 6) is 1.44. The van der Waals surface area contributed by atoms with Crippen LogP contribution >= 0.6 is 15.9 Å². The molecule has 0 saturated heterocycles. The molecule has 17 heavy (non-hydrogen) atoms. The van der Waals surface area contributed by atoms with E-state index < -0.39 is 10.8 Å². The fraction of sp³-hybridized carbons (Fsp3) is 0.538. The van der Waals surface area contributed by atoms with Crippen molar-refractivity contribution in [3.05, 3.63) is 28.2 Å². The molecule has 1 saturated carbocycles. The molecule has 94 valence electrons. The van der Waals surface area contributed by atoms with Gasteiger partial charge in [-0.25, -0.2) is 0 Å². The highest BCUT2D eigenvalue weighted by Crippen LogP contribution is 2.28. The highest BCUT2D eigenvalue weighted by Gasteiger charge is 2.22. The molecular formula is C13H17BrO2S. The first kappa shape index (κ1) is 13.1. The van der Waals surface area contributed by atoms with Crippen molar-refractivity contribution in [3.63, 3.8) is 0 Å². The quantitative estimate of drug-likeness (QED) is 0.847. The summed E-state index contributed by atoms with van der Waals surface area (Å²) in [7, 11) is 0.891. The van der Waals surface area contributed by atoms with Crippen molar-refractivity contribution >= 4 is 26.7 Å². The summed E-state index contributed by atoms with van der Waals surface area (Å²) in [6, 6.07) is 5.87. The lowest BCUT2D eigenvalue weighted by Crippen LogP contribution is -2.12. The summed E-state index contributed by atoms with van der Waals surface area (Å²) in [6.07, 6.45) is 4.68. The Morgan fingerprint density at radius 2 is 2.12 bits per heavy atom. The molecule has 0 bridgehead atoms. The van der Waals surface area contributed by atoms with Gasteiger partial charge >= 0.3 is 0 Å². The third-order valence-corrected chi connectivity index (χ3v) is 5.52. The van der Waals surface area contributed by atoms with Gasteiger partial charge in [0, 0.05) is 26.1 Å². The van der Waals surface area contributed by atoms with Crippen molar-refractivity contribution in [2.24, 2.45) is 0 Å². The van der Waals surface area contributed by atoms with Gasteiger partial charge in [-0.2, -0.15) is 0 Å². The van der Waals surface area contributed by atoms with E-state index >= 15 is 0 Å². The molecule has 0 aliphatic heterocycles. The van der Waals surface area contributed by atoms with Gasteiger partial charge in [-0.1, -0.05) is 28.8 Å². The average molecular weight is 317 g/mol. The van der Waals surface area contributed by atoms with E-state index in [1.165, 1.54) is 12.8 Å². The van der Waals surface area contributed by atoms with Crippen LogP contribution < -0.4 is 4.74 Å². The van der Waals surface area contributed by atoms with Crippen LogP contribution in [0.25, 0.3) is 0 Å². The molecule has 1 aromatic carbocycles. The van der Waals surface area contributed by atoms with E-state index in [1.54, 1.807) is 7.11 Å². The molecule has 0 unspecified atom stereocenters. The summed E-state index contributed by atoms with van der Waals surface area (Å²) in [5, 5.41) is 0.388. The van der Waals surface area contributed by atoms with Gasteiger partial charge in [0.15, 0.2) is 0 Å². The molecule has 0 spiro atoms. The number of methoxy groups -OCH3 is 1. The highest BCUT2D eigenvalue weighted by atomic mass is 79.9. The van der Waals surface area contributed by atoms with Gasteiger partial charge in [-0.3, -0.25) is 4.21 Å². The summed E-state index contributed by atoms with van der Waals surface area (Å²) in [4.78, 5) is 0. The van der Waals surface area contributed by atoms with Crippen molar-refractivity contribution < 1.29 is 8.95 Å². The van der Waals surface area contributed by atoms with Gasteiger partial charge in [0.05, 0.1) is 12.9 Å². The van der Waals surface area contributed by atoms with Gasteiger partial charge < -0.3 is 4.74 Å². The lowest BCUT2D eigenvalue weighted by Gasteiger charge is -2.12. The predicted octanol–water partition coefficient (Wildman–Crippen LogP) is 3.65. The normalized spacial score (nSPS) is 18.2. The van der Waals surface area contributed by atoms with Crippen LogP contribution in [0.5, 0.6) is 5.75 Å². The van der Waals surface area contributed by atoms with Crippen molar-refractivity contribution in [2.45, 2.75) is 36.7 Å². The monoisotopic (exact) mass is 316 g/mol. The van der Waals surface area contributed by atoms with E-state index in [0.717, 1.165) is 28.6 Å². The second-order valence-electron chi connectivity index (χ2n) is 4.39. The summed E-state index contributed by atoms with van der Waals surface area (Å²) < 4.78 is 18.6. The zero-order chi connectivity index (χ0) is 12.3. The molecule has 1 fully saturated rings. The van der Waals surface area contributed by atoms with Crippen LogP contribution in [0.1, 0.15) is 31.2 Å². The Morgan fingerprint density at radius 1 is 1.41 bits per heavy atom. The van der Waals surface area contributed by atoms with Crippen LogP contribution in [0.2, 0.25) is 0 Å². The summed E-state index contributed by atoms with van der Waals surface area (Å²) >= 11 is 3.44. The zero-order valence-electron chi connectivity index (χ0n) is 9.95. The van der Waals surface area contributed by atoms with E-state index in [1.807, 2.05) is 18.2 Å². The molecule has 1 aliphatic carbocycles. The molecule has 1 aliphatic rings. The fourth-order valence-electron chi connectivity index (χ4n) is 2.28. The predicted molar refractivity (Wildman–Crippen MR) is 74.8 cm³/mol. The minimum absolute atomic E-state index is 0.388. The Hall–Kier alpha value is -0.350. The van der Waals surface area contributed by atoms with Gasteiger partial charge in [0.1, 0.15) is 5.75 Å². The number of benzene rings is 1. The van der Waals surface area contributed by atoms with E-state index in [2.05, 4.69) is 15.9 Å². The molecule has 0 aromatic heterocycles. The fourth-order valence-corrected chi connectivity index (χ4v) is 4.32. The van der Waals surface area contributed by atoms with Crippen molar-refractivity contribution in [2.75, 3.05) is 7.11 Å². The molecule has 0 N–H and O–H groups in total. The largest absolute Gasteiger partial charge is 0.496 e. The maximum Gasteiger partial charge on any atom is 0.123 e. The molecule has 0 radical (unpaired) electrons.